The maximum Gasteiger partial charge on any atom is 0.275 e. The summed E-state index contributed by atoms with van der Waals surface area (Å²) in [6, 6.07) is 11.5. The van der Waals surface area contributed by atoms with Crippen molar-refractivity contribution in [3.05, 3.63) is 64.1 Å². The Balaban J connectivity index is 1.98. The molecule has 0 aliphatic heterocycles. The highest BCUT2D eigenvalue weighted by atomic mass is 32.2. The number of hydrogen-bond donors (Lipinski definition) is 5. The van der Waals surface area contributed by atoms with Gasteiger partial charge in [0.25, 0.3) is 5.56 Å². The van der Waals surface area contributed by atoms with Crippen LogP contribution in [0.2, 0.25) is 0 Å². The van der Waals surface area contributed by atoms with Crippen LogP contribution in [0.3, 0.4) is 0 Å². The molecule has 1 heterocycles. The van der Waals surface area contributed by atoms with E-state index in [1.54, 1.807) is 43.3 Å². The fourth-order valence-corrected chi connectivity index (χ4v) is 3.84. The third kappa shape index (κ3) is 8.10. The Morgan fingerprint density at radius 3 is 2.58 bits per heavy atom. The maximum atomic E-state index is 12.7. The van der Waals surface area contributed by atoms with E-state index in [9.17, 15) is 18.0 Å². The predicted molar refractivity (Wildman–Crippen MR) is 117 cm³/mol. The van der Waals surface area contributed by atoms with Crippen molar-refractivity contribution >= 4 is 27.6 Å². The van der Waals surface area contributed by atoms with E-state index in [0.29, 0.717) is 17.7 Å². The van der Waals surface area contributed by atoms with Crippen molar-refractivity contribution in [3.63, 3.8) is 0 Å². The SMILES string of the molecule is Cc1ccc(NS(=O)(=O)Cc2ccccc2)c(=O)n1CC(=O)NCCCONC(=N)N. The van der Waals surface area contributed by atoms with Gasteiger partial charge in [-0.1, -0.05) is 30.3 Å². The standard InChI is InChI=1S/C19H26N6O5S/c1-14-8-9-16(24-31(28,29)13-15-6-3-2-4-7-15)18(27)25(14)12-17(26)22-10-5-11-30-23-19(20)21/h2-4,6-9,24H,5,10-13H2,1H3,(H,22,26)(H4,20,21,23). The number of aromatic nitrogens is 1. The van der Waals surface area contributed by atoms with Crippen molar-refractivity contribution in [2.75, 3.05) is 17.9 Å². The number of nitrogens with two attached hydrogens (primary N) is 1. The zero-order valence-corrected chi connectivity index (χ0v) is 17.9. The van der Waals surface area contributed by atoms with Gasteiger partial charge in [-0.2, -0.15) is 0 Å². The summed E-state index contributed by atoms with van der Waals surface area (Å²) >= 11 is 0. The number of hydroxylamine groups is 1. The summed E-state index contributed by atoms with van der Waals surface area (Å²) in [5, 5.41) is 9.58. The van der Waals surface area contributed by atoms with Crippen molar-refractivity contribution in [2.24, 2.45) is 5.73 Å². The molecule has 0 fully saturated rings. The molecule has 0 saturated heterocycles. The van der Waals surface area contributed by atoms with Gasteiger partial charge in [-0.15, -0.1) is 0 Å². The van der Waals surface area contributed by atoms with E-state index >= 15 is 0 Å². The molecule has 0 aliphatic carbocycles. The molecule has 168 valence electrons. The van der Waals surface area contributed by atoms with E-state index in [1.807, 2.05) is 0 Å². The van der Waals surface area contributed by atoms with E-state index in [2.05, 4.69) is 15.5 Å². The summed E-state index contributed by atoms with van der Waals surface area (Å²) < 4.78 is 28.4. The van der Waals surface area contributed by atoms with Gasteiger partial charge >= 0.3 is 0 Å². The molecular weight excluding hydrogens is 424 g/mol. The number of anilines is 1. The largest absolute Gasteiger partial charge is 0.368 e. The average Bonchev–Trinajstić information content (AvgIpc) is 2.70. The van der Waals surface area contributed by atoms with Gasteiger partial charge in [0.15, 0.2) is 0 Å². The van der Waals surface area contributed by atoms with Crippen LogP contribution in [0, 0.1) is 12.3 Å². The predicted octanol–water partition coefficient (Wildman–Crippen LogP) is 0.0196. The summed E-state index contributed by atoms with van der Waals surface area (Å²) in [6.45, 7) is 1.90. The lowest BCUT2D eigenvalue weighted by molar-refractivity contribution is -0.121. The number of nitrogens with one attached hydrogen (secondary N) is 4. The second-order valence-corrected chi connectivity index (χ2v) is 8.42. The van der Waals surface area contributed by atoms with Crippen LogP contribution in [0.15, 0.2) is 47.3 Å². The van der Waals surface area contributed by atoms with E-state index in [1.165, 1.54) is 10.6 Å². The van der Waals surface area contributed by atoms with Crippen molar-refractivity contribution in [2.45, 2.75) is 25.6 Å². The number of carbonyl (C=O) groups excluding carboxylic acids is 1. The first-order chi connectivity index (χ1) is 14.7. The Labute approximate surface area is 180 Å². The molecule has 0 saturated carbocycles. The molecule has 0 unspecified atom stereocenters. The number of carbonyl (C=O) groups is 1. The molecule has 12 heteroatoms. The average molecular weight is 451 g/mol. The van der Waals surface area contributed by atoms with Gasteiger partial charge in [0.05, 0.1) is 12.4 Å². The normalized spacial score (nSPS) is 11.0. The first-order valence-corrected chi connectivity index (χ1v) is 11.1. The first-order valence-electron chi connectivity index (χ1n) is 9.41. The van der Waals surface area contributed by atoms with E-state index in [4.69, 9.17) is 16.0 Å². The van der Waals surface area contributed by atoms with Crippen LogP contribution >= 0.6 is 0 Å². The minimum Gasteiger partial charge on any atom is -0.368 e. The summed E-state index contributed by atoms with van der Waals surface area (Å²) in [6.07, 6.45) is 0.458. The van der Waals surface area contributed by atoms with Crippen LogP contribution in [0.25, 0.3) is 0 Å². The van der Waals surface area contributed by atoms with Crippen LogP contribution in [0.1, 0.15) is 17.7 Å². The fraction of sp³-hybridized carbons (Fsp3) is 0.316. The molecule has 2 aromatic rings. The zero-order chi connectivity index (χ0) is 22.9. The van der Waals surface area contributed by atoms with E-state index in [-0.39, 0.29) is 37.1 Å². The number of hydrogen-bond acceptors (Lipinski definition) is 6. The highest BCUT2D eigenvalue weighted by Crippen LogP contribution is 2.10. The Hall–Kier alpha value is -3.38. The molecule has 6 N–H and O–H groups in total. The Bertz CT molecular complexity index is 1070. The fourth-order valence-electron chi connectivity index (χ4n) is 2.64. The van der Waals surface area contributed by atoms with Gasteiger partial charge in [0.1, 0.15) is 12.2 Å². The van der Waals surface area contributed by atoms with E-state index < -0.39 is 21.5 Å². The second-order valence-electron chi connectivity index (χ2n) is 6.69. The van der Waals surface area contributed by atoms with Crippen LogP contribution < -0.4 is 26.8 Å². The molecule has 1 amide bonds. The summed E-state index contributed by atoms with van der Waals surface area (Å²) in [5.74, 6) is -1.01. The maximum absolute atomic E-state index is 12.7. The number of aryl methyl sites for hydroxylation is 1. The monoisotopic (exact) mass is 450 g/mol. The molecule has 2 rings (SSSR count). The lowest BCUT2D eigenvalue weighted by atomic mass is 10.2. The summed E-state index contributed by atoms with van der Waals surface area (Å²) in [4.78, 5) is 29.8. The Morgan fingerprint density at radius 2 is 1.90 bits per heavy atom. The van der Waals surface area contributed by atoms with Crippen LogP contribution in [0.5, 0.6) is 0 Å². The molecule has 1 aromatic carbocycles. The van der Waals surface area contributed by atoms with Gasteiger partial charge in [0.2, 0.25) is 21.9 Å². The van der Waals surface area contributed by atoms with Gasteiger partial charge in [-0.05, 0) is 31.0 Å². The Morgan fingerprint density at radius 1 is 1.19 bits per heavy atom. The lowest BCUT2D eigenvalue weighted by Gasteiger charge is -2.13. The van der Waals surface area contributed by atoms with Crippen molar-refractivity contribution < 1.29 is 18.0 Å². The van der Waals surface area contributed by atoms with Gasteiger partial charge in [-0.25, -0.2) is 13.9 Å². The second kappa shape index (κ2) is 11.1. The van der Waals surface area contributed by atoms with Gasteiger partial charge in [-0.3, -0.25) is 24.6 Å². The Kier molecular flexibility index (Phi) is 8.58. The number of rotatable bonds is 11. The molecule has 1 aromatic heterocycles. The first kappa shape index (κ1) is 23.9. The smallest absolute Gasteiger partial charge is 0.275 e. The van der Waals surface area contributed by atoms with Gasteiger partial charge < -0.3 is 15.6 Å². The van der Waals surface area contributed by atoms with Crippen molar-refractivity contribution in [1.29, 1.82) is 5.41 Å². The van der Waals surface area contributed by atoms with Gasteiger partial charge in [0, 0.05) is 12.2 Å². The molecule has 31 heavy (non-hydrogen) atoms. The number of pyridine rings is 1. The topological polar surface area (TPSA) is 168 Å². The number of nitrogens with zero attached hydrogens (tertiary/aromatic N) is 1. The van der Waals surface area contributed by atoms with E-state index in [0.717, 1.165) is 0 Å². The van der Waals surface area contributed by atoms with Crippen LogP contribution in [0.4, 0.5) is 5.69 Å². The molecule has 11 nitrogen and oxygen atoms in total. The molecule has 0 spiro atoms. The van der Waals surface area contributed by atoms with Crippen molar-refractivity contribution in [1.82, 2.24) is 15.4 Å². The zero-order valence-electron chi connectivity index (χ0n) is 17.1. The minimum absolute atomic E-state index is 0.127. The molecule has 0 aliphatic rings. The number of amides is 1. The third-order valence-electron chi connectivity index (χ3n) is 4.09. The highest BCUT2D eigenvalue weighted by Gasteiger charge is 2.16. The minimum atomic E-state index is -3.81. The quantitative estimate of drug-likeness (QED) is 0.139. The number of sulfonamides is 1. The molecule has 0 atom stereocenters. The number of guanidine groups is 1. The molecule has 0 bridgehead atoms. The van der Waals surface area contributed by atoms with Crippen molar-refractivity contribution in [3.8, 4) is 0 Å². The molecule has 0 radical (unpaired) electrons. The molecular formula is C19H26N6O5S. The highest BCUT2D eigenvalue weighted by molar-refractivity contribution is 7.91. The van der Waals surface area contributed by atoms with Crippen LogP contribution in [-0.4, -0.2) is 38.0 Å². The lowest BCUT2D eigenvalue weighted by Crippen LogP contribution is -2.36. The summed E-state index contributed by atoms with van der Waals surface area (Å²) in [7, 11) is -3.81. The number of benzene rings is 1. The summed E-state index contributed by atoms with van der Waals surface area (Å²) in [5.41, 5.74) is 7.60. The van der Waals surface area contributed by atoms with Crippen LogP contribution in [-0.2, 0) is 32.0 Å². The third-order valence-corrected chi connectivity index (χ3v) is 5.33.